The Hall–Kier alpha value is -3.42. The van der Waals surface area contributed by atoms with Gasteiger partial charge >= 0.3 is 0 Å². The molecule has 27 heavy (non-hydrogen) atoms. The van der Waals surface area contributed by atoms with Gasteiger partial charge in [-0.1, -0.05) is 26.0 Å². The number of carbonyl (C=O) groups is 2. The van der Waals surface area contributed by atoms with E-state index in [2.05, 4.69) is 20.6 Å². The fraction of sp³-hybridized carbons (Fsp3) is 0.263. The minimum absolute atomic E-state index is 0.0154. The molecule has 0 aliphatic rings. The molecule has 0 radical (unpaired) electrons. The van der Waals surface area contributed by atoms with Gasteiger partial charge in [0.2, 0.25) is 5.91 Å². The summed E-state index contributed by atoms with van der Waals surface area (Å²) >= 11 is 0. The molecule has 0 spiro atoms. The third-order valence-electron chi connectivity index (χ3n) is 4.07. The summed E-state index contributed by atoms with van der Waals surface area (Å²) in [6.07, 6.45) is 1.43. The third-order valence-corrected chi connectivity index (χ3v) is 4.07. The normalized spacial score (nSPS) is 12.1. The van der Waals surface area contributed by atoms with E-state index < -0.39 is 11.9 Å². The molecule has 0 saturated carbocycles. The van der Waals surface area contributed by atoms with E-state index in [1.54, 1.807) is 12.1 Å². The minimum Gasteiger partial charge on any atom is -0.459 e. The van der Waals surface area contributed by atoms with E-state index in [4.69, 9.17) is 10.2 Å². The molecule has 140 valence electrons. The number of primary amides is 1. The van der Waals surface area contributed by atoms with E-state index in [9.17, 15) is 9.59 Å². The first-order chi connectivity index (χ1) is 13.0. The van der Waals surface area contributed by atoms with Crippen molar-refractivity contribution >= 4 is 28.5 Å². The molecule has 8 heteroatoms. The van der Waals surface area contributed by atoms with E-state index in [1.807, 2.05) is 38.1 Å². The Morgan fingerprint density at radius 2 is 1.93 bits per heavy atom. The van der Waals surface area contributed by atoms with Crippen LogP contribution < -0.4 is 16.4 Å². The van der Waals surface area contributed by atoms with Gasteiger partial charge in [-0.2, -0.15) is 0 Å². The number of hydrogen-bond donors (Lipinski definition) is 3. The molecule has 2 aromatic heterocycles. The molecule has 0 bridgehead atoms. The fourth-order valence-corrected chi connectivity index (χ4v) is 2.68. The Labute approximate surface area is 156 Å². The molecule has 3 aromatic rings. The average molecular weight is 367 g/mol. The van der Waals surface area contributed by atoms with Crippen LogP contribution in [-0.2, 0) is 11.3 Å². The number of rotatable bonds is 7. The first kappa shape index (κ1) is 18.4. The van der Waals surface area contributed by atoms with Crippen LogP contribution in [0.4, 0.5) is 5.82 Å². The maximum absolute atomic E-state index is 12.0. The number of nitrogens with zero attached hydrogens (tertiary/aromatic N) is 2. The maximum atomic E-state index is 12.0. The van der Waals surface area contributed by atoms with Crippen molar-refractivity contribution in [2.24, 2.45) is 11.7 Å². The van der Waals surface area contributed by atoms with Gasteiger partial charge in [0.25, 0.3) is 5.91 Å². The molecule has 8 nitrogen and oxygen atoms in total. The quantitative estimate of drug-likeness (QED) is 0.587. The predicted molar refractivity (Wildman–Crippen MR) is 101 cm³/mol. The Bertz CT molecular complexity index is 953. The summed E-state index contributed by atoms with van der Waals surface area (Å²) in [5, 5.41) is 6.60. The average Bonchev–Trinajstić information content (AvgIpc) is 3.18. The monoisotopic (exact) mass is 367 g/mol. The Morgan fingerprint density at radius 1 is 1.15 bits per heavy atom. The van der Waals surface area contributed by atoms with Crippen molar-refractivity contribution in [3.05, 3.63) is 54.2 Å². The number of carbonyl (C=O) groups excluding carboxylic acids is 2. The summed E-state index contributed by atoms with van der Waals surface area (Å²) in [5.74, 6) is 0.285. The van der Waals surface area contributed by atoms with Crippen molar-refractivity contribution in [2.45, 2.75) is 26.4 Å². The number of fused-ring (bicyclic) bond motifs is 1. The summed E-state index contributed by atoms with van der Waals surface area (Å²) < 4.78 is 5.07. The SMILES string of the molecule is CC(C)[C@H](Nc1nc(CNC(=O)c2ccco2)nc2ccccc12)C(N)=O. The van der Waals surface area contributed by atoms with Gasteiger partial charge in [-0.05, 0) is 30.2 Å². The number of amides is 2. The molecule has 2 heterocycles. The van der Waals surface area contributed by atoms with Gasteiger partial charge in [-0.3, -0.25) is 9.59 Å². The summed E-state index contributed by atoms with van der Waals surface area (Å²) in [5.41, 5.74) is 6.21. The van der Waals surface area contributed by atoms with Gasteiger partial charge in [-0.15, -0.1) is 0 Å². The molecule has 3 rings (SSSR count). The van der Waals surface area contributed by atoms with Crippen molar-refractivity contribution in [3.63, 3.8) is 0 Å². The van der Waals surface area contributed by atoms with E-state index in [-0.39, 0.29) is 24.1 Å². The second-order valence-corrected chi connectivity index (χ2v) is 6.43. The molecule has 0 aliphatic carbocycles. The van der Waals surface area contributed by atoms with Crippen LogP contribution in [0.1, 0.15) is 30.2 Å². The van der Waals surface area contributed by atoms with Gasteiger partial charge in [0.1, 0.15) is 11.9 Å². The number of furan rings is 1. The zero-order valence-corrected chi connectivity index (χ0v) is 15.1. The van der Waals surface area contributed by atoms with E-state index >= 15 is 0 Å². The smallest absolute Gasteiger partial charge is 0.287 e. The number of aromatic nitrogens is 2. The van der Waals surface area contributed by atoms with Crippen LogP contribution >= 0.6 is 0 Å². The van der Waals surface area contributed by atoms with Crippen LogP contribution in [0.25, 0.3) is 10.9 Å². The molecule has 0 aliphatic heterocycles. The second kappa shape index (κ2) is 7.86. The largest absolute Gasteiger partial charge is 0.459 e. The lowest BCUT2D eigenvalue weighted by molar-refractivity contribution is -0.119. The second-order valence-electron chi connectivity index (χ2n) is 6.43. The Morgan fingerprint density at radius 3 is 2.59 bits per heavy atom. The van der Waals surface area contributed by atoms with E-state index in [1.165, 1.54) is 6.26 Å². The number of nitrogens with one attached hydrogen (secondary N) is 2. The van der Waals surface area contributed by atoms with Crippen molar-refractivity contribution in [1.29, 1.82) is 0 Å². The van der Waals surface area contributed by atoms with Gasteiger partial charge in [0.05, 0.1) is 18.3 Å². The van der Waals surface area contributed by atoms with Crippen LogP contribution in [0.15, 0.2) is 47.1 Å². The number of hydrogen-bond acceptors (Lipinski definition) is 6. The van der Waals surface area contributed by atoms with Crippen LogP contribution in [0.5, 0.6) is 0 Å². The zero-order chi connectivity index (χ0) is 19.4. The minimum atomic E-state index is -0.575. The van der Waals surface area contributed by atoms with Crippen LogP contribution in [0.3, 0.4) is 0 Å². The molecular weight excluding hydrogens is 346 g/mol. The topological polar surface area (TPSA) is 123 Å². The highest BCUT2D eigenvalue weighted by Crippen LogP contribution is 2.22. The highest BCUT2D eigenvalue weighted by molar-refractivity contribution is 5.92. The number of nitrogens with two attached hydrogens (primary N) is 1. The number of benzene rings is 1. The summed E-state index contributed by atoms with van der Waals surface area (Å²) in [6.45, 7) is 3.91. The van der Waals surface area contributed by atoms with E-state index in [0.717, 1.165) is 5.39 Å². The number of anilines is 1. The highest BCUT2D eigenvalue weighted by atomic mass is 16.3. The van der Waals surface area contributed by atoms with E-state index in [0.29, 0.717) is 17.2 Å². The molecule has 4 N–H and O–H groups in total. The first-order valence-electron chi connectivity index (χ1n) is 8.59. The number of para-hydroxylation sites is 1. The lowest BCUT2D eigenvalue weighted by Crippen LogP contribution is -2.40. The van der Waals surface area contributed by atoms with Gasteiger partial charge in [0.15, 0.2) is 11.6 Å². The molecule has 0 saturated heterocycles. The van der Waals surface area contributed by atoms with Gasteiger partial charge in [-0.25, -0.2) is 9.97 Å². The lowest BCUT2D eigenvalue weighted by Gasteiger charge is -2.21. The molecule has 2 amide bonds. The summed E-state index contributed by atoms with van der Waals surface area (Å²) in [4.78, 5) is 32.8. The van der Waals surface area contributed by atoms with Crippen molar-refractivity contribution in [3.8, 4) is 0 Å². The highest BCUT2D eigenvalue weighted by Gasteiger charge is 2.21. The predicted octanol–water partition coefficient (Wildman–Crippen LogP) is 2.07. The van der Waals surface area contributed by atoms with Crippen LogP contribution in [-0.4, -0.2) is 27.8 Å². The molecular formula is C19H21N5O3. The third kappa shape index (κ3) is 4.22. The lowest BCUT2D eigenvalue weighted by atomic mass is 10.0. The Balaban J connectivity index is 1.88. The summed E-state index contributed by atoms with van der Waals surface area (Å²) in [6, 6.07) is 10.1. The molecule has 1 atom stereocenters. The Kier molecular flexibility index (Phi) is 5.35. The zero-order valence-electron chi connectivity index (χ0n) is 15.1. The van der Waals surface area contributed by atoms with Gasteiger partial charge < -0.3 is 20.8 Å². The molecule has 0 fully saturated rings. The fourth-order valence-electron chi connectivity index (χ4n) is 2.68. The first-order valence-corrected chi connectivity index (χ1v) is 8.59. The summed E-state index contributed by atoms with van der Waals surface area (Å²) in [7, 11) is 0. The van der Waals surface area contributed by atoms with Crippen molar-refractivity contribution in [2.75, 3.05) is 5.32 Å². The molecule has 0 unspecified atom stereocenters. The van der Waals surface area contributed by atoms with Gasteiger partial charge in [0, 0.05) is 5.39 Å². The van der Waals surface area contributed by atoms with Crippen molar-refractivity contribution < 1.29 is 14.0 Å². The van der Waals surface area contributed by atoms with Crippen LogP contribution in [0, 0.1) is 5.92 Å². The van der Waals surface area contributed by atoms with Crippen molar-refractivity contribution in [1.82, 2.24) is 15.3 Å². The standard InChI is InChI=1S/C19H21N5O3/c1-11(2)16(17(20)25)24-18-12-6-3-4-7-13(12)22-15(23-18)10-21-19(26)14-8-5-9-27-14/h3-9,11,16H,10H2,1-2H3,(H2,20,25)(H,21,26)(H,22,23,24)/t16-/m0/s1. The van der Waals surface area contributed by atoms with Crippen LogP contribution in [0.2, 0.25) is 0 Å². The molecule has 1 aromatic carbocycles. The maximum Gasteiger partial charge on any atom is 0.287 e.